The average molecular weight is 265 g/mol. The fraction of sp³-hybridized carbons (Fsp3) is 0.250. The Labute approximate surface area is 98.1 Å². The lowest BCUT2D eigenvalue weighted by Gasteiger charge is -2.10. The van der Waals surface area contributed by atoms with Crippen molar-refractivity contribution in [1.82, 2.24) is 9.55 Å². The van der Waals surface area contributed by atoms with Gasteiger partial charge in [-0.1, -0.05) is 29.8 Å². The van der Waals surface area contributed by atoms with E-state index in [2.05, 4.69) is 51.5 Å². The maximum Gasteiger partial charge on any atom is 0.115 e. The summed E-state index contributed by atoms with van der Waals surface area (Å²) in [5.74, 6) is 1.53. The SMILES string of the molecule is CC(C)c1nccn1-c1ccc(Br)cc1. The van der Waals surface area contributed by atoms with Crippen molar-refractivity contribution in [3.05, 3.63) is 47.0 Å². The number of imidazole rings is 1. The molecule has 0 saturated heterocycles. The normalized spacial score (nSPS) is 10.9. The van der Waals surface area contributed by atoms with Gasteiger partial charge < -0.3 is 4.57 Å². The molecule has 0 N–H and O–H groups in total. The topological polar surface area (TPSA) is 17.8 Å². The highest BCUT2D eigenvalue weighted by Gasteiger charge is 2.07. The van der Waals surface area contributed by atoms with Crippen molar-refractivity contribution in [2.45, 2.75) is 19.8 Å². The third-order valence-corrected chi connectivity index (χ3v) is 2.82. The molecule has 0 atom stereocenters. The molecular formula is C12H13BrN2. The molecule has 78 valence electrons. The molecule has 0 amide bonds. The van der Waals surface area contributed by atoms with Gasteiger partial charge in [0.05, 0.1) is 0 Å². The Morgan fingerprint density at radius 1 is 1.20 bits per heavy atom. The van der Waals surface area contributed by atoms with Crippen LogP contribution >= 0.6 is 15.9 Å². The molecule has 0 bridgehead atoms. The van der Waals surface area contributed by atoms with Gasteiger partial charge in [-0.25, -0.2) is 4.98 Å². The van der Waals surface area contributed by atoms with Crippen LogP contribution in [0.1, 0.15) is 25.6 Å². The monoisotopic (exact) mass is 264 g/mol. The van der Waals surface area contributed by atoms with E-state index in [1.807, 2.05) is 24.5 Å². The molecule has 1 aromatic heterocycles. The summed E-state index contributed by atoms with van der Waals surface area (Å²) < 4.78 is 3.22. The maximum atomic E-state index is 4.37. The van der Waals surface area contributed by atoms with E-state index in [4.69, 9.17) is 0 Å². The van der Waals surface area contributed by atoms with Gasteiger partial charge in [0.1, 0.15) is 5.82 Å². The average Bonchev–Trinajstić information content (AvgIpc) is 2.67. The van der Waals surface area contributed by atoms with E-state index in [0.29, 0.717) is 5.92 Å². The van der Waals surface area contributed by atoms with Gasteiger partial charge in [-0.2, -0.15) is 0 Å². The Bertz CT molecular complexity index is 443. The summed E-state index contributed by atoms with van der Waals surface area (Å²) >= 11 is 3.43. The lowest BCUT2D eigenvalue weighted by Crippen LogP contribution is -2.01. The molecule has 0 spiro atoms. The number of hydrogen-bond donors (Lipinski definition) is 0. The van der Waals surface area contributed by atoms with E-state index in [1.54, 1.807) is 0 Å². The maximum absolute atomic E-state index is 4.37. The Hall–Kier alpha value is -1.09. The van der Waals surface area contributed by atoms with Gasteiger partial charge in [0.15, 0.2) is 0 Å². The molecule has 3 heteroatoms. The van der Waals surface area contributed by atoms with Crippen LogP contribution in [0.5, 0.6) is 0 Å². The van der Waals surface area contributed by atoms with E-state index < -0.39 is 0 Å². The van der Waals surface area contributed by atoms with Crippen molar-refractivity contribution in [1.29, 1.82) is 0 Å². The summed E-state index contributed by atoms with van der Waals surface area (Å²) in [6.45, 7) is 4.30. The van der Waals surface area contributed by atoms with Crippen LogP contribution in [-0.4, -0.2) is 9.55 Å². The van der Waals surface area contributed by atoms with Gasteiger partial charge in [-0.05, 0) is 24.3 Å². The second-order valence-electron chi connectivity index (χ2n) is 3.79. The highest BCUT2D eigenvalue weighted by molar-refractivity contribution is 9.10. The second kappa shape index (κ2) is 4.19. The molecule has 1 heterocycles. The minimum absolute atomic E-state index is 0.434. The smallest absolute Gasteiger partial charge is 0.115 e. The van der Waals surface area contributed by atoms with Crippen LogP contribution in [0.2, 0.25) is 0 Å². The number of hydrogen-bond acceptors (Lipinski definition) is 1. The quantitative estimate of drug-likeness (QED) is 0.808. The fourth-order valence-electron chi connectivity index (χ4n) is 1.56. The van der Waals surface area contributed by atoms with Crippen LogP contribution in [0.15, 0.2) is 41.1 Å². The van der Waals surface area contributed by atoms with Gasteiger partial charge in [-0.15, -0.1) is 0 Å². The lowest BCUT2D eigenvalue weighted by molar-refractivity contribution is 0.752. The number of benzene rings is 1. The van der Waals surface area contributed by atoms with Crippen molar-refractivity contribution in [3.8, 4) is 5.69 Å². The number of halogens is 1. The van der Waals surface area contributed by atoms with Crippen molar-refractivity contribution < 1.29 is 0 Å². The molecule has 2 aromatic rings. The van der Waals surface area contributed by atoms with Gasteiger partial charge in [-0.3, -0.25) is 0 Å². The Balaban J connectivity index is 2.45. The summed E-state index contributed by atoms with van der Waals surface area (Å²) in [7, 11) is 0. The third-order valence-electron chi connectivity index (χ3n) is 2.29. The molecule has 0 aliphatic carbocycles. The summed E-state index contributed by atoms with van der Waals surface area (Å²) in [4.78, 5) is 4.37. The zero-order chi connectivity index (χ0) is 10.8. The number of nitrogens with zero attached hydrogens (tertiary/aromatic N) is 2. The standard InChI is InChI=1S/C12H13BrN2/c1-9(2)12-14-7-8-15(12)11-5-3-10(13)4-6-11/h3-9H,1-2H3. The first-order chi connectivity index (χ1) is 7.18. The molecule has 0 radical (unpaired) electrons. The number of aromatic nitrogens is 2. The predicted molar refractivity (Wildman–Crippen MR) is 65.4 cm³/mol. The summed E-state index contributed by atoms with van der Waals surface area (Å²) in [5.41, 5.74) is 1.15. The summed E-state index contributed by atoms with van der Waals surface area (Å²) in [6.07, 6.45) is 3.84. The molecule has 15 heavy (non-hydrogen) atoms. The fourth-order valence-corrected chi connectivity index (χ4v) is 1.83. The van der Waals surface area contributed by atoms with Crippen molar-refractivity contribution in [2.75, 3.05) is 0 Å². The molecule has 0 aliphatic rings. The molecule has 0 fully saturated rings. The van der Waals surface area contributed by atoms with E-state index >= 15 is 0 Å². The van der Waals surface area contributed by atoms with Crippen LogP contribution in [0.4, 0.5) is 0 Å². The van der Waals surface area contributed by atoms with Gasteiger partial charge >= 0.3 is 0 Å². The van der Waals surface area contributed by atoms with Crippen molar-refractivity contribution in [3.63, 3.8) is 0 Å². The first kappa shape index (κ1) is 10.4. The molecule has 2 rings (SSSR count). The minimum Gasteiger partial charge on any atom is -0.304 e. The first-order valence-electron chi connectivity index (χ1n) is 4.97. The van der Waals surface area contributed by atoms with Crippen LogP contribution in [0, 0.1) is 0 Å². The van der Waals surface area contributed by atoms with Crippen LogP contribution in [0.3, 0.4) is 0 Å². The molecule has 2 nitrogen and oxygen atoms in total. The van der Waals surface area contributed by atoms with Crippen molar-refractivity contribution >= 4 is 15.9 Å². The molecule has 0 saturated carbocycles. The predicted octanol–water partition coefficient (Wildman–Crippen LogP) is 3.76. The largest absolute Gasteiger partial charge is 0.304 e. The highest BCUT2D eigenvalue weighted by Crippen LogP contribution is 2.19. The molecule has 1 aromatic carbocycles. The molecule has 0 unspecified atom stereocenters. The Morgan fingerprint density at radius 3 is 2.47 bits per heavy atom. The van der Waals surface area contributed by atoms with Gasteiger partial charge in [0, 0.05) is 28.5 Å². The van der Waals surface area contributed by atoms with Gasteiger partial charge in [0.25, 0.3) is 0 Å². The van der Waals surface area contributed by atoms with E-state index in [9.17, 15) is 0 Å². The van der Waals surface area contributed by atoms with Crippen LogP contribution in [0.25, 0.3) is 5.69 Å². The Morgan fingerprint density at radius 2 is 1.87 bits per heavy atom. The number of rotatable bonds is 2. The van der Waals surface area contributed by atoms with E-state index in [-0.39, 0.29) is 0 Å². The first-order valence-corrected chi connectivity index (χ1v) is 5.77. The highest BCUT2D eigenvalue weighted by atomic mass is 79.9. The molecular weight excluding hydrogens is 252 g/mol. The Kier molecular flexibility index (Phi) is 2.91. The van der Waals surface area contributed by atoms with Crippen molar-refractivity contribution in [2.24, 2.45) is 0 Å². The van der Waals surface area contributed by atoms with Gasteiger partial charge in [0.2, 0.25) is 0 Å². The minimum atomic E-state index is 0.434. The molecule has 0 aliphatic heterocycles. The van der Waals surface area contributed by atoms with Crippen LogP contribution in [-0.2, 0) is 0 Å². The summed E-state index contributed by atoms with van der Waals surface area (Å²) in [6, 6.07) is 8.24. The summed E-state index contributed by atoms with van der Waals surface area (Å²) in [5, 5.41) is 0. The second-order valence-corrected chi connectivity index (χ2v) is 4.70. The lowest BCUT2D eigenvalue weighted by atomic mass is 10.2. The third kappa shape index (κ3) is 2.12. The van der Waals surface area contributed by atoms with Crippen LogP contribution < -0.4 is 0 Å². The van der Waals surface area contributed by atoms with E-state index in [1.165, 1.54) is 0 Å². The van der Waals surface area contributed by atoms with E-state index in [0.717, 1.165) is 16.0 Å². The zero-order valence-corrected chi connectivity index (χ0v) is 10.4. The zero-order valence-electron chi connectivity index (χ0n) is 8.81.